The van der Waals surface area contributed by atoms with Gasteiger partial charge in [0.15, 0.2) is 12.3 Å². The van der Waals surface area contributed by atoms with Gasteiger partial charge >= 0.3 is 12.1 Å². The number of amides is 1. The number of carbonyl (C=O) groups is 2. The number of nitriles is 1. The van der Waals surface area contributed by atoms with Crippen LogP contribution in [0, 0.1) is 11.3 Å². The lowest BCUT2D eigenvalue weighted by Crippen LogP contribution is -2.18. The van der Waals surface area contributed by atoms with Crippen molar-refractivity contribution in [2.24, 2.45) is 0 Å². The zero-order valence-electron chi connectivity index (χ0n) is 18.4. The van der Waals surface area contributed by atoms with Crippen LogP contribution in [-0.4, -0.2) is 34.9 Å². The van der Waals surface area contributed by atoms with Crippen molar-refractivity contribution < 1.29 is 32.2 Å². The number of anilines is 1. The van der Waals surface area contributed by atoms with Gasteiger partial charge in [-0.1, -0.05) is 12.1 Å². The molecule has 3 aromatic rings. The fourth-order valence-electron chi connectivity index (χ4n) is 3.01. The minimum absolute atomic E-state index is 0.0418. The molecule has 1 amide bonds. The SMILES string of the molecule is CCOC(=O)c1cnn(-c2ccc(NC(=O)/C=C/c3ccc(OCC#N)cc3)cc2)c1C(F)(F)F. The topological polar surface area (TPSA) is 106 Å². The molecule has 0 spiro atoms. The summed E-state index contributed by atoms with van der Waals surface area (Å²) in [5.74, 6) is -1.05. The Balaban J connectivity index is 1.70. The third kappa shape index (κ3) is 6.48. The summed E-state index contributed by atoms with van der Waals surface area (Å²) < 4.78 is 51.3. The van der Waals surface area contributed by atoms with Crippen molar-refractivity contribution in [2.75, 3.05) is 18.5 Å². The normalized spacial score (nSPS) is 11.2. The molecule has 1 heterocycles. The second-order valence-electron chi connectivity index (χ2n) is 6.92. The van der Waals surface area contributed by atoms with Crippen molar-refractivity contribution in [3.05, 3.63) is 77.6 Å². The summed E-state index contributed by atoms with van der Waals surface area (Å²) in [6.45, 7) is 1.34. The Kier molecular flexibility index (Phi) is 7.88. The standard InChI is InChI=1S/C24H19F3N4O4/c1-2-34-23(33)20-15-29-31(22(20)24(25,26)27)18-8-6-17(7-9-18)30-21(32)12-5-16-3-10-19(11-4-16)35-14-13-28/h3-12,15H,2,14H2,1H3,(H,30,32)/b12-5+. The molecule has 0 unspecified atom stereocenters. The van der Waals surface area contributed by atoms with Crippen LogP contribution in [0.5, 0.6) is 5.75 Å². The van der Waals surface area contributed by atoms with Gasteiger partial charge in [-0.3, -0.25) is 4.79 Å². The summed E-state index contributed by atoms with van der Waals surface area (Å²) in [6, 6.07) is 14.1. The maximum atomic E-state index is 13.6. The third-order valence-corrected chi connectivity index (χ3v) is 4.52. The molecule has 0 aliphatic rings. The van der Waals surface area contributed by atoms with Gasteiger partial charge in [0, 0.05) is 11.8 Å². The summed E-state index contributed by atoms with van der Waals surface area (Å²) in [5, 5.41) is 14.8. The van der Waals surface area contributed by atoms with Gasteiger partial charge in [-0.05, 0) is 55.0 Å². The average molecular weight is 484 g/mol. The van der Waals surface area contributed by atoms with Gasteiger partial charge in [-0.25, -0.2) is 9.48 Å². The number of hydrogen-bond acceptors (Lipinski definition) is 6. The largest absolute Gasteiger partial charge is 0.479 e. The Labute approximate surface area is 198 Å². The molecule has 180 valence electrons. The number of ether oxygens (including phenoxy) is 2. The number of nitrogens with zero attached hydrogens (tertiary/aromatic N) is 3. The summed E-state index contributed by atoms with van der Waals surface area (Å²) >= 11 is 0. The zero-order valence-corrected chi connectivity index (χ0v) is 18.4. The molecule has 3 rings (SSSR count). The molecule has 8 nitrogen and oxygen atoms in total. The van der Waals surface area contributed by atoms with E-state index < -0.39 is 29.3 Å². The molecule has 35 heavy (non-hydrogen) atoms. The lowest BCUT2D eigenvalue weighted by molar-refractivity contribution is -0.143. The van der Waals surface area contributed by atoms with E-state index >= 15 is 0 Å². The highest BCUT2D eigenvalue weighted by molar-refractivity contribution is 6.02. The Bertz CT molecular complexity index is 1260. The van der Waals surface area contributed by atoms with Crippen LogP contribution < -0.4 is 10.1 Å². The van der Waals surface area contributed by atoms with E-state index in [1.807, 2.05) is 6.07 Å². The summed E-state index contributed by atoms with van der Waals surface area (Å²) in [7, 11) is 0. The molecule has 2 aromatic carbocycles. The fraction of sp³-hybridized carbons (Fsp3) is 0.167. The highest BCUT2D eigenvalue weighted by atomic mass is 19.4. The number of hydrogen-bond donors (Lipinski definition) is 1. The van der Waals surface area contributed by atoms with E-state index in [1.54, 1.807) is 30.3 Å². The van der Waals surface area contributed by atoms with Gasteiger partial charge in [0.1, 0.15) is 17.4 Å². The first-order valence-corrected chi connectivity index (χ1v) is 10.2. The number of benzene rings is 2. The van der Waals surface area contributed by atoms with Crippen LogP contribution in [0.3, 0.4) is 0 Å². The average Bonchev–Trinajstić information content (AvgIpc) is 3.29. The van der Waals surface area contributed by atoms with Crippen LogP contribution in [-0.2, 0) is 15.7 Å². The fourth-order valence-corrected chi connectivity index (χ4v) is 3.01. The molecule has 11 heteroatoms. The van der Waals surface area contributed by atoms with Crippen LogP contribution in [0.15, 0.2) is 60.8 Å². The minimum atomic E-state index is -4.85. The predicted molar refractivity (Wildman–Crippen MR) is 120 cm³/mol. The van der Waals surface area contributed by atoms with E-state index in [9.17, 15) is 22.8 Å². The number of aromatic nitrogens is 2. The summed E-state index contributed by atoms with van der Waals surface area (Å²) in [4.78, 5) is 24.1. The Morgan fingerprint density at radius 2 is 1.83 bits per heavy atom. The minimum Gasteiger partial charge on any atom is -0.479 e. The Morgan fingerprint density at radius 3 is 2.43 bits per heavy atom. The monoisotopic (exact) mass is 484 g/mol. The van der Waals surface area contributed by atoms with Crippen molar-refractivity contribution >= 4 is 23.6 Å². The lowest BCUT2D eigenvalue weighted by Gasteiger charge is -2.13. The van der Waals surface area contributed by atoms with Crippen LogP contribution in [0.1, 0.15) is 28.5 Å². The van der Waals surface area contributed by atoms with Crippen molar-refractivity contribution in [2.45, 2.75) is 13.1 Å². The molecule has 0 radical (unpaired) electrons. The maximum absolute atomic E-state index is 13.6. The van der Waals surface area contributed by atoms with Crippen molar-refractivity contribution in [3.63, 3.8) is 0 Å². The second kappa shape index (κ2) is 11.0. The zero-order chi connectivity index (χ0) is 25.4. The summed E-state index contributed by atoms with van der Waals surface area (Å²) in [6.07, 6.45) is -1.19. The molecule has 1 aromatic heterocycles. The number of esters is 1. The van der Waals surface area contributed by atoms with E-state index in [1.165, 1.54) is 37.3 Å². The number of rotatable bonds is 8. The Hall–Kier alpha value is -4.59. The molecule has 0 atom stereocenters. The highest BCUT2D eigenvalue weighted by Crippen LogP contribution is 2.34. The Morgan fingerprint density at radius 1 is 1.14 bits per heavy atom. The van der Waals surface area contributed by atoms with Gasteiger partial charge in [0.2, 0.25) is 5.91 Å². The first-order valence-electron chi connectivity index (χ1n) is 10.2. The first-order chi connectivity index (χ1) is 16.7. The molecular weight excluding hydrogens is 465 g/mol. The van der Waals surface area contributed by atoms with Crippen LogP contribution in [0.25, 0.3) is 11.8 Å². The number of nitrogens with one attached hydrogen (secondary N) is 1. The van der Waals surface area contributed by atoms with Gasteiger partial charge in [0.05, 0.1) is 18.5 Å². The first kappa shape index (κ1) is 25.0. The maximum Gasteiger partial charge on any atom is 0.434 e. The van der Waals surface area contributed by atoms with E-state index in [0.29, 0.717) is 16.1 Å². The van der Waals surface area contributed by atoms with Crippen LogP contribution in [0.2, 0.25) is 0 Å². The molecule has 0 saturated carbocycles. The van der Waals surface area contributed by atoms with E-state index in [-0.39, 0.29) is 18.9 Å². The lowest BCUT2D eigenvalue weighted by atomic mass is 10.2. The van der Waals surface area contributed by atoms with Gasteiger partial charge in [-0.15, -0.1) is 0 Å². The van der Waals surface area contributed by atoms with E-state index in [0.717, 1.165) is 11.8 Å². The highest BCUT2D eigenvalue weighted by Gasteiger charge is 2.41. The predicted octanol–water partition coefficient (Wildman–Crippen LogP) is 4.62. The molecule has 0 saturated heterocycles. The molecule has 1 N–H and O–H groups in total. The van der Waals surface area contributed by atoms with E-state index in [4.69, 9.17) is 10.00 Å². The third-order valence-electron chi connectivity index (χ3n) is 4.52. The second-order valence-corrected chi connectivity index (χ2v) is 6.92. The molecule has 0 fully saturated rings. The number of halogens is 3. The van der Waals surface area contributed by atoms with Crippen molar-refractivity contribution in [1.29, 1.82) is 5.26 Å². The van der Waals surface area contributed by atoms with Crippen LogP contribution in [0.4, 0.5) is 18.9 Å². The quantitative estimate of drug-likeness (QED) is 0.369. The van der Waals surface area contributed by atoms with Gasteiger partial charge in [0.25, 0.3) is 0 Å². The smallest absolute Gasteiger partial charge is 0.434 e. The van der Waals surface area contributed by atoms with Gasteiger partial charge in [-0.2, -0.15) is 23.5 Å². The number of carbonyl (C=O) groups excluding carboxylic acids is 2. The number of alkyl halides is 3. The summed E-state index contributed by atoms with van der Waals surface area (Å²) in [5.41, 5.74) is -0.836. The molecule has 0 bridgehead atoms. The van der Waals surface area contributed by atoms with Crippen molar-refractivity contribution in [1.82, 2.24) is 9.78 Å². The van der Waals surface area contributed by atoms with E-state index in [2.05, 4.69) is 15.2 Å². The van der Waals surface area contributed by atoms with Crippen LogP contribution >= 0.6 is 0 Å². The van der Waals surface area contributed by atoms with Crippen molar-refractivity contribution in [3.8, 4) is 17.5 Å². The molecular formula is C24H19F3N4O4. The van der Waals surface area contributed by atoms with Gasteiger partial charge < -0.3 is 14.8 Å². The molecule has 0 aliphatic heterocycles. The molecule has 0 aliphatic carbocycles.